The molecule has 0 aromatic rings. The molecule has 1 N–H and O–H groups in total. The fourth-order valence-electron chi connectivity index (χ4n) is 2.03. The molecule has 16 heavy (non-hydrogen) atoms. The van der Waals surface area contributed by atoms with E-state index >= 15 is 0 Å². The van der Waals surface area contributed by atoms with Crippen molar-refractivity contribution in [3.8, 4) is 0 Å². The molecule has 2 unspecified atom stereocenters. The van der Waals surface area contributed by atoms with Crippen LogP contribution in [0.5, 0.6) is 0 Å². The van der Waals surface area contributed by atoms with E-state index in [1.165, 1.54) is 0 Å². The van der Waals surface area contributed by atoms with Gasteiger partial charge in [0.2, 0.25) is 5.91 Å². The quantitative estimate of drug-likeness (QED) is 0.761. The molecule has 0 aromatic carbocycles. The predicted molar refractivity (Wildman–Crippen MR) is 66.4 cm³/mol. The monoisotopic (exact) mass is 227 g/mol. The maximum absolute atomic E-state index is 11.8. The molecule has 1 saturated heterocycles. The Kier molecular flexibility index (Phi) is 4.74. The summed E-state index contributed by atoms with van der Waals surface area (Å²) in [6.45, 7) is 5.41. The molecule has 0 aromatic heterocycles. The molecule has 0 aliphatic carbocycles. The third-order valence-corrected chi connectivity index (χ3v) is 3.37. The van der Waals surface area contributed by atoms with E-state index in [1.807, 2.05) is 14.1 Å². The van der Waals surface area contributed by atoms with Crippen molar-refractivity contribution in [1.82, 2.24) is 15.1 Å². The van der Waals surface area contributed by atoms with Crippen LogP contribution in [0.4, 0.5) is 0 Å². The van der Waals surface area contributed by atoms with Gasteiger partial charge in [-0.3, -0.25) is 4.79 Å². The van der Waals surface area contributed by atoms with Gasteiger partial charge in [0.25, 0.3) is 0 Å². The number of rotatable bonds is 4. The smallest absolute Gasteiger partial charge is 0.239 e. The Morgan fingerprint density at radius 2 is 1.94 bits per heavy atom. The van der Waals surface area contributed by atoms with Crippen molar-refractivity contribution < 1.29 is 4.79 Å². The van der Waals surface area contributed by atoms with E-state index in [9.17, 15) is 4.79 Å². The molecule has 1 rings (SSSR count). The highest BCUT2D eigenvalue weighted by atomic mass is 16.2. The molecule has 1 amide bonds. The average Bonchev–Trinajstić information content (AvgIpc) is 2.64. The molecule has 0 bridgehead atoms. The van der Waals surface area contributed by atoms with Gasteiger partial charge < -0.3 is 15.1 Å². The van der Waals surface area contributed by atoms with Gasteiger partial charge in [0.15, 0.2) is 0 Å². The molecule has 1 fully saturated rings. The molecule has 1 aliphatic rings. The molecule has 4 nitrogen and oxygen atoms in total. The van der Waals surface area contributed by atoms with Crippen molar-refractivity contribution in [3.63, 3.8) is 0 Å². The number of amides is 1. The number of carbonyl (C=O) groups excluding carboxylic acids is 1. The van der Waals surface area contributed by atoms with Crippen LogP contribution in [0.2, 0.25) is 0 Å². The van der Waals surface area contributed by atoms with E-state index in [0.717, 1.165) is 19.4 Å². The summed E-state index contributed by atoms with van der Waals surface area (Å²) in [7, 11) is 5.77. The highest BCUT2D eigenvalue weighted by Gasteiger charge is 2.30. The van der Waals surface area contributed by atoms with Gasteiger partial charge in [0.05, 0.1) is 6.04 Å². The van der Waals surface area contributed by atoms with E-state index in [1.54, 1.807) is 4.90 Å². The van der Waals surface area contributed by atoms with Crippen molar-refractivity contribution in [2.24, 2.45) is 0 Å². The number of likely N-dealkylation sites (N-methyl/N-ethyl adjacent to an activating group) is 2. The zero-order valence-corrected chi connectivity index (χ0v) is 11.2. The first kappa shape index (κ1) is 13.5. The summed E-state index contributed by atoms with van der Waals surface area (Å²) in [5, 5.41) is 3.42. The summed E-state index contributed by atoms with van der Waals surface area (Å²) in [6.07, 6.45) is 2.06. The molecule has 2 atom stereocenters. The number of hydrogen-bond donors (Lipinski definition) is 1. The minimum atomic E-state index is 0.0283. The van der Waals surface area contributed by atoms with E-state index < -0.39 is 0 Å². The molecular formula is C12H25N3O. The summed E-state index contributed by atoms with van der Waals surface area (Å²) in [4.78, 5) is 15.8. The highest BCUT2D eigenvalue weighted by molar-refractivity contribution is 5.81. The minimum Gasteiger partial charge on any atom is -0.347 e. The Hall–Kier alpha value is -0.610. The Morgan fingerprint density at radius 1 is 1.31 bits per heavy atom. The zero-order valence-electron chi connectivity index (χ0n) is 11.2. The van der Waals surface area contributed by atoms with Gasteiger partial charge in [-0.2, -0.15) is 0 Å². The lowest BCUT2D eigenvalue weighted by Gasteiger charge is -2.25. The summed E-state index contributed by atoms with van der Waals surface area (Å²) in [5.74, 6) is 0.203. The van der Waals surface area contributed by atoms with E-state index in [4.69, 9.17) is 0 Å². The first-order chi connectivity index (χ1) is 7.41. The maximum Gasteiger partial charge on any atom is 0.239 e. The number of carbonyl (C=O) groups is 1. The molecule has 0 saturated carbocycles. The molecule has 0 radical (unpaired) electrons. The number of nitrogens with one attached hydrogen (secondary N) is 1. The van der Waals surface area contributed by atoms with Gasteiger partial charge in [-0.25, -0.2) is 0 Å². The van der Waals surface area contributed by atoms with Gasteiger partial charge in [-0.1, -0.05) is 0 Å². The van der Waals surface area contributed by atoms with Gasteiger partial charge >= 0.3 is 0 Å². The Morgan fingerprint density at radius 3 is 2.44 bits per heavy atom. The zero-order chi connectivity index (χ0) is 12.3. The minimum absolute atomic E-state index is 0.0283. The number of hydrogen-bond acceptors (Lipinski definition) is 3. The van der Waals surface area contributed by atoms with Crippen LogP contribution >= 0.6 is 0 Å². The van der Waals surface area contributed by atoms with E-state index in [-0.39, 0.29) is 11.9 Å². The highest BCUT2D eigenvalue weighted by Crippen LogP contribution is 2.15. The van der Waals surface area contributed by atoms with Crippen LogP contribution in [0.25, 0.3) is 0 Å². The standard InChI is InChI=1S/C12H25N3O/c1-9(2)15(5)8-10-6-7-11(13-10)12(16)14(3)4/h9-11,13H,6-8H2,1-5H3. The van der Waals surface area contributed by atoms with Crippen LogP contribution < -0.4 is 5.32 Å². The van der Waals surface area contributed by atoms with Crippen LogP contribution in [0, 0.1) is 0 Å². The third kappa shape index (κ3) is 3.46. The molecular weight excluding hydrogens is 202 g/mol. The Labute approximate surface area is 99.0 Å². The lowest BCUT2D eigenvalue weighted by molar-refractivity contribution is -0.130. The van der Waals surface area contributed by atoms with Crippen molar-refractivity contribution >= 4 is 5.91 Å². The second kappa shape index (κ2) is 5.64. The van der Waals surface area contributed by atoms with Crippen LogP contribution in [0.1, 0.15) is 26.7 Å². The Balaban J connectivity index is 2.38. The van der Waals surface area contributed by atoms with E-state index in [2.05, 4.69) is 31.1 Å². The van der Waals surface area contributed by atoms with Crippen molar-refractivity contribution in [2.75, 3.05) is 27.7 Å². The van der Waals surface area contributed by atoms with Gasteiger partial charge in [0, 0.05) is 32.7 Å². The predicted octanol–water partition coefficient (Wildman–Crippen LogP) is 0.535. The summed E-state index contributed by atoms with van der Waals surface area (Å²) in [6, 6.07) is 1.05. The van der Waals surface area contributed by atoms with Crippen LogP contribution in [-0.4, -0.2) is 61.5 Å². The van der Waals surface area contributed by atoms with E-state index in [0.29, 0.717) is 12.1 Å². The lowest BCUT2D eigenvalue weighted by Crippen LogP contribution is -2.45. The first-order valence-corrected chi connectivity index (χ1v) is 6.09. The second-order valence-corrected chi connectivity index (χ2v) is 5.26. The van der Waals surface area contributed by atoms with Crippen molar-refractivity contribution in [1.29, 1.82) is 0 Å². The van der Waals surface area contributed by atoms with Gasteiger partial charge in [-0.05, 0) is 33.7 Å². The Bertz CT molecular complexity index is 240. The lowest BCUT2D eigenvalue weighted by atomic mass is 10.1. The van der Waals surface area contributed by atoms with Gasteiger partial charge in [0.1, 0.15) is 0 Å². The molecule has 0 spiro atoms. The largest absolute Gasteiger partial charge is 0.347 e. The molecule has 1 heterocycles. The molecule has 4 heteroatoms. The summed E-state index contributed by atoms with van der Waals surface area (Å²) >= 11 is 0. The molecule has 94 valence electrons. The third-order valence-electron chi connectivity index (χ3n) is 3.37. The van der Waals surface area contributed by atoms with Crippen LogP contribution in [0.3, 0.4) is 0 Å². The first-order valence-electron chi connectivity index (χ1n) is 6.09. The molecule has 1 aliphatic heterocycles. The summed E-state index contributed by atoms with van der Waals surface area (Å²) < 4.78 is 0. The number of nitrogens with zero attached hydrogens (tertiary/aromatic N) is 2. The summed E-state index contributed by atoms with van der Waals surface area (Å²) in [5.41, 5.74) is 0. The fraction of sp³-hybridized carbons (Fsp3) is 0.917. The fourth-order valence-corrected chi connectivity index (χ4v) is 2.03. The van der Waals surface area contributed by atoms with Crippen molar-refractivity contribution in [2.45, 2.75) is 44.8 Å². The average molecular weight is 227 g/mol. The normalized spacial score (nSPS) is 25.4. The second-order valence-electron chi connectivity index (χ2n) is 5.26. The van der Waals surface area contributed by atoms with Crippen LogP contribution in [-0.2, 0) is 4.79 Å². The maximum atomic E-state index is 11.8. The SMILES string of the molecule is CC(C)N(C)CC1CCC(C(=O)N(C)C)N1. The van der Waals surface area contributed by atoms with Crippen molar-refractivity contribution in [3.05, 3.63) is 0 Å². The van der Waals surface area contributed by atoms with Gasteiger partial charge in [-0.15, -0.1) is 0 Å². The topological polar surface area (TPSA) is 35.6 Å². The van der Waals surface area contributed by atoms with Crippen LogP contribution in [0.15, 0.2) is 0 Å².